The van der Waals surface area contributed by atoms with Crippen molar-refractivity contribution in [2.75, 3.05) is 19.5 Å². The first-order chi connectivity index (χ1) is 15.8. The van der Waals surface area contributed by atoms with Gasteiger partial charge in [-0.15, -0.1) is 0 Å². The maximum Gasteiger partial charge on any atom is 0.456 e. The van der Waals surface area contributed by atoms with Crippen LogP contribution in [0.3, 0.4) is 0 Å². The molecule has 2 atom stereocenters. The van der Waals surface area contributed by atoms with Crippen LogP contribution < -0.4 is 0 Å². The third-order valence-corrected chi connectivity index (χ3v) is 8.49. The third-order valence-electron chi connectivity index (χ3n) is 6.10. The summed E-state index contributed by atoms with van der Waals surface area (Å²) in [5, 5.41) is 19.6. The van der Waals surface area contributed by atoms with Crippen molar-refractivity contribution in [3.8, 4) is 5.75 Å². The number of benzene rings is 2. The van der Waals surface area contributed by atoms with Gasteiger partial charge in [0.05, 0.1) is 28.7 Å². The number of halogens is 1. The van der Waals surface area contributed by atoms with Gasteiger partial charge >= 0.3 is 7.12 Å². The van der Waals surface area contributed by atoms with E-state index in [4.69, 9.17) is 21.0 Å². The monoisotopic (exact) mass is 488 g/mol. The average molecular weight is 489 g/mol. The molecule has 0 amide bonds. The number of methoxy groups -OCH3 is 1. The lowest BCUT2D eigenvalue weighted by molar-refractivity contribution is 0.167. The van der Waals surface area contributed by atoms with E-state index in [0.29, 0.717) is 17.9 Å². The second kappa shape index (κ2) is 10.0. The molecule has 2 aliphatic heterocycles. The summed E-state index contributed by atoms with van der Waals surface area (Å²) in [6, 6.07) is 14.6. The number of hydrogen-bond acceptors (Lipinski definition) is 6. The maximum absolute atomic E-state index is 12.7. The van der Waals surface area contributed by atoms with E-state index in [0.717, 1.165) is 27.8 Å². The van der Waals surface area contributed by atoms with Crippen LogP contribution in [0.2, 0.25) is 11.3 Å². The van der Waals surface area contributed by atoms with Crippen LogP contribution in [0.15, 0.2) is 59.7 Å². The van der Waals surface area contributed by atoms with E-state index in [1.807, 2.05) is 36.4 Å². The topological polar surface area (TPSA) is 93.1 Å². The number of phenols is 1. The van der Waals surface area contributed by atoms with Crippen molar-refractivity contribution >= 4 is 40.2 Å². The molecule has 6 nitrogen and oxygen atoms in total. The van der Waals surface area contributed by atoms with E-state index in [2.05, 4.69) is 0 Å². The van der Waals surface area contributed by atoms with Crippen molar-refractivity contribution in [3.63, 3.8) is 0 Å². The van der Waals surface area contributed by atoms with Crippen LogP contribution in [0, 0.1) is 0 Å². The molecule has 33 heavy (non-hydrogen) atoms. The minimum absolute atomic E-state index is 0.0475. The molecule has 1 fully saturated rings. The Kier molecular flexibility index (Phi) is 7.31. The van der Waals surface area contributed by atoms with Gasteiger partial charge in [-0.05, 0) is 65.0 Å². The Bertz CT molecular complexity index is 1180. The molecule has 9 heteroatoms. The van der Waals surface area contributed by atoms with E-state index in [-0.39, 0.29) is 24.4 Å². The molecule has 4 rings (SSSR count). The van der Waals surface area contributed by atoms with Crippen LogP contribution in [0.1, 0.15) is 24.0 Å². The summed E-state index contributed by atoms with van der Waals surface area (Å²) in [7, 11) is -2.97. The normalized spacial score (nSPS) is 22.5. The molecular weight excluding hydrogens is 463 g/mol. The van der Waals surface area contributed by atoms with Crippen LogP contribution in [0.5, 0.6) is 5.75 Å². The van der Waals surface area contributed by atoms with E-state index in [9.17, 15) is 18.5 Å². The van der Waals surface area contributed by atoms with Gasteiger partial charge in [-0.3, -0.25) is 0 Å². The Morgan fingerprint density at radius 3 is 2.73 bits per heavy atom. The zero-order valence-electron chi connectivity index (χ0n) is 18.3. The first-order valence-electron chi connectivity index (χ1n) is 10.8. The summed E-state index contributed by atoms with van der Waals surface area (Å²) in [4.78, 5) is 0. The van der Waals surface area contributed by atoms with Crippen LogP contribution in [0.25, 0.3) is 11.6 Å². The van der Waals surface area contributed by atoms with Crippen LogP contribution >= 0.6 is 11.6 Å². The molecule has 2 aromatic rings. The largest absolute Gasteiger partial charge is 0.508 e. The highest BCUT2D eigenvalue weighted by molar-refractivity contribution is 7.92. The number of rotatable bonds is 7. The van der Waals surface area contributed by atoms with Crippen molar-refractivity contribution in [3.05, 3.63) is 75.8 Å². The fourth-order valence-corrected chi connectivity index (χ4v) is 6.97. The molecular formula is C24H26BClO6S. The predicted molar refractivity (Wildman–Crippen MR) is 131 cm³/mol. The van der Waals surface area contributed by atoms with Gasteiger partial charge < -0.3 is 19.5 Å². The molecule has 0 aliphatic carbocycles. The van der Waals surface area contributed by atoms with E-state index >= 15 is 0 Å². The lowest BCUT2D eigenvalue weighted by Crippen LogP contribution is -2.42. The van der Waals surface area contributed by atoms with Gasteiger partial charge in [0.15, 0.2) is 9.84 Å². The Morgan fingerprint density at radius 2 is 2.03 bits per heavy atom. The van der Waals surface area contributed by atoms with Gasteiger partial charge in [0.25, 0.3) is 0 Å². The van der Waals surface area contributed by atoms with E-state index in [1.165, 1.54) is 6.07 Å². The lowest BCUT2D eigenvalue weighted by Gasteiger charge is -2.32. The number of allylic oxidation sites excluding steroid dienone is 1. The van der Waals surface area contributed by atoms with Crippen LogP contribution in [-0.4, -0.2) is 56.5 Å². The molecule has 0 radical (unpaired) electrons. The standard InChI is InChI=1S/C24H26BClO6S/c1-31-14-19-15-33(29,30)23-13-25(28)32-22(24(19)23)10-8-17(16-5-3-2-4-6-16)11-18-7-9-20(27)12-21(18)26/h2-7,9,11-12,22-23,27-28H,8,10,13-15H2,1H3/b17-11-/t22-,23+/m1/s1. The maximum atomic E-state index is 12.7. The first-order valence-corrected chi connectivity index (χ1v) is 12.9. The van der Waals surface area contributed by atoms with Crippen molar-refractivity contribution in [2.24, 2.45) is 0 Å². The fraction of sp³-hybridized carbons (Fsp3) is 0.333. The number of fused-ring (bicyclic) bond motifs is 1. The number of aromatic hydroxyl groups is 1. The molecule has 2 aromatic carbocycles. The van der Waals surface area contributed by atoms with E-state index in [1.54, 1.807) is 19.2 Å². The highest BCUT2D eigenvalue weighted by atomic mass is 35.5. The van der Waals surface area contributed by atoms with Gasteiger partial charge in [-0.1, -0.05) is 41.9 Å². The minimum Gasteiger partial charge on any atom is -0.508 e. The van der Waals surface area contributed by atoms with Crippen molar-refractivity contribution in [2.45, 2.75) is 30.5 Å². The quantitative estimate of drug-likeness (QED) is 0.348. The Labute approximate surface area is 199 Å². The molecule has 0 aromatic heterocycles. The SMILES string of the molecule is COCC1=C2[C@@H](CC/C(=C/c3ccc(O)cc3Cl)c3ccccc3)OB(O)C[C@@H]2S(=O)(=O)C1. The zero-order valence-corrected chi connectivity index (χ0v) is 19.8. The third kappa shape index (κ3) is 5.36. The average Bonchev–Trinajstić information content (AvgIpc) is 3.03. The van der Waals surface area contributed by atoms with E-state index < -0.39 is 28.3 Å². The first kappa shape index (κ1) is 24.0. The Hall–Kier alpha value is -2.10. The summed E-state index contributed by atoms with van der Waals surface area (Å²) in [5.74, 6) is 0.0341. The lowest BCUT2D eigenvalue weighted by atomic mass is 9.74. The second-order valence-electron chi connectivity index (χ2n) is 8.38. The molecule has 2 N–H and O–H groups in total. The number of hydrogen-bond donors (Lipinski definition) is 2. The molecule has 0 spiro atoms. The van der Waals surface area contributed by atoms with Gasteiger partial charge in [0.1, 0.15) is 5.75 Å². The summed E-state index contributed by atoms with van der Waals surface area (Å²) >= 11 is 6.34. The number of sulfone groups is 1. The van der Waals surface area contributed by atoms with Crippen molar-refractivity contribution in [1.29, 1.82) is 0 Å². The van der Waals surface area contributed by atoms with Gasteiger partial charge in [0.2, 0.25) is 0 Å². The highest BCUT2D eigenvalue weighted by Gasteiger charge is 2.48. The Morgan fingerprint density at radius 1 is 1.27 bits per heavy atom. The molecule has 0 bridgehead atoms. The summed E-state index contributed by atoms with van der Waals surface area (Å²) < 4.78 is 36.5. The molecule has 2 heterocycles. The number of phenolic OH excluding ortho intramolecular Hbond substituents is 1. The fourth-order valence-electron chi connectivity index (χ4n) is 4.64. The smallest absolute Gasteiger partial charge is 0.456 e. The predicted octanol–water partition coefficient (Wildman–Crippen LogP) is 3.99. The second-order valence-corrected chi connectivity index (χ2v) is 11.0. The molecule has 2 aliphatic rings. The zero-order chi connectivity index (χ0) is 23.6. The molecule has 0 unspecified atom stereocenters. The summed E-state index contributed by atoms with van der Waals surface area (Å²) in [6.07, 6.45) is 2.54. The molecule has 0 saturated carbocycles. The van der Waals surface area contributed by atoms with Crippen molar-refractivity contribution < 1.29 is 27.9 Å². The van der Waals surface area contributed by atoms with Gasteiger partial charge in [-0.25, -0.2) is 8.42 Å². The summed E-state index contributed by atoms with van der Waals surface area (Å²) in [6.45, 7) is 0.228. The molecule has 174 valence electrons. The van der Waals surface area contributed by atoms with Gasteiger partial charge in [0, 0.05) is 13.4 Å². The van der Waals surface area contributed by atoms with Gasteiger partial charge in [-0.2, -0.15) is 0 Å². The van der Waals surface area contributed by atoms with Crippen LogP contribution in [0.4, 0.5) is 0 Å². The Balaban J connectivity index is 1.66. The summed E-state index contributed by atoms with van der Waals surface area (Å²) in [5.41, 5.74) is 4.21. The van der Waals surface area contributed by atoms with Crippen molar-refractivity contribution in [1.82, 2.24) is 0 Å². The number of ether oxygens (including phenoxy) is 1. The molecule has 1 saturated heterocycles. The van der Waals surface area contributed by atoms with Crippen LogP contribution in [-0.2, 0) is 19.2 Å². The highest BCUT2D eigenvalue weighted by Crippen LogP contribution is 2.40. The minimum atomic E-state index is -3.38.